The molecule has 0 amide bonds. The molecule has 18 heavy (non-hydrogen) atoms. The van der Waals surface area contributed by atoms with Gasteiger partial charge in [0.25, 0.3) is 0 Å². The predicted octanol–water partition coefficient (Wildman–Crippen LogP) is 3.17. The number of hydrogen-bond donors (Lipinski definition) is 0. The van der Waals surface area contributed by atoms with E-state index < -0.39 is 0 Å². The normalized spacial score (nSPS) is 13.1. The molecule has 3 nitrogen and oxygen atoms in total. The standard InChI is InChI=1S/C14H9ClN2O/c1-16-10-5-4-8(15)7-9(10)12-13(16)14(18)11-3-2-6-17(11)12/h2-7H,1H3. The lowest BCUT2D eigenvalue weighted by molar-refractivity contribution is 0.103. The zero-order valence-electron chi connectivity index (χ0n) is 9.64. The molecule has 4 rings (SSSR count). The summed E-state index contributed by atoms with van der Waals surface area (Å²) in [6.07, 6.45) is 1.92. The first-order valence-corrected chi connectivity index (χ1v) is 6.06. The lowest BCUT2D eigenvalue weighted by Gasteiger charge is -2.01. The van der Waals surface area contributed by atoms with E-state index in [1.54, 1.807) is 0 Å². The smallest absolute Gasteiger partial charge is 0.228 e. The van der Waals surface area contributed by atoms with Crippen molar-refractivity contribution in [1.82, 2.24) is 9.13 Å². The van der Waals surface area contributed by atoms with E-state index in [1.165, 1.54) is 0 Å². The third kappa shape index (κ3) is 0.985. The second kappa shape index (κ2) is 3.06. The van der Waals surface area contributed by atoms with E-state index in [0.717, 1.165) is 28.0 Å². The topological polar surface area (TPSA) is 26.9 Å². The van der Waals surface area contributed by atoms with E-state index in [-0.39, 0.29) is 5.78 Å². The maximum Gasteiger partial charge on any atom is 0.228 e. The van der Waals surface area contributed by atoms with Crippen LogP contribution < -0.4 is 0 Å². The van der Waals surface area contributed by atoms with Gasteiger partial charge in [-0.3, -0.25) is 4.79 Å². The molecule has 0 saturated carbocycles. The fourth-order valence-electron chi connectivity index (χ4n) is 2.78. The fourth-order valence-corrected chi connectivity index (χ4v) is 2.96. The zero-order chi connectivity index (χ0) is 12.4. The summed E-state index contributed by atoms with van der Waals surface area (Å²) in [6.45, 7) is 0. The van der Waals surface area contributed by atoms with Crippen LogP contribution in [0.25, 0.3) is 16.6 Å². The monoisotopic (exact) mass is 256 g/mol. The molecule has 3 aromatic rings. The Morgan fingerprint density at radius 2 is 2.06 bits per heavy atom. The SMILES string of the molecule is Cn1c2c(c3cc(Cl)ccc31)-n1cccc1C2=O. The Morgan fingerprint density at radius 1 is 1.22 bits per heavy atom. The van der Waals surface area contributed by atoms with Crippen LogP contribution in [0.15, 0.2) is 36.5 Å². The number of nitrogens with zero attached hydrogens (tertiary/aromatic N) is 2. The maximum atomic E-state index is 12.3. The molecule has 0 saturated heterocycles. The number of carbonyl (C=O) groups excluding carboxylic acids is 1. The highest BCUT2D eigenvalue weighted by Gasteiger charge is 2.32. The second-order valence-corrected chi connectivity index (χ2v) is 4.95. The average Bonchev–Trinajstić information content (AvgIpc) is 2.97. The molecule has 1 aromatic carbocycles. The van der Waals surface area contributed by atoms with Crippen molar-refractivity contribution in [2.75, 3.05) is 0 Å². The average molecular weight is 257 g/mol. The van der Waals surface area contributed by atoms with Crippen LogP contribution in [0.3, 0.4) is 0 Å². The van der Waals surface area contributed by atoms with Gasteiger partial charge >= 0.3 is 0 Å². The van der Waals surface area contributed by atoms with Crippen LogP contribution in [-0.2, 0) is 7.05 Å². The van der Waals surface area contributed by atoms with Crippen molar-refractivity contribution in [3.63, 3.8) is 0 Å². The van der Waals surface area contributed by atoms with Crippen molar-refractivity contribution in [3.05, 3.63) is 52.9 Å². The van der Waals surface area contributed by atoms with Crippen molar-refractivity contribution in [2.24, 2.45) is 7.05 Å². The van der Waals surface area contributed by atoms with Crippen LogP contribution in [0.2, 0.25) is 5.02 Å². The van der Waals surface area contributed by atoms with Crippen LogP contribution in [0.1, 0.15) is 16.2 Å². The van der Waals surface area contributed by atoms with Gasteiger partial charge in [0, 0.05) is 23.7 Å². The predicted molar refractivity (Wildman–Crippen MR) is 70.7 cm³/mol. The highest BCUT2D eigenvalue weighted by atomic mass is 35.5. The fraction of sp³-hybridized carbons (Fsp3) is 0.0714. The molecule has 4 heteroatoms. The summed E-state index contributed by atoms with van der Waals surface area (Å²) < 4.78 is 3.88. The first-order chi connectivity index (χ1) is 8.68. The number of fused-ring (bicyclic) bond motifs is 5. The van der Waals surface area contributed by atoms with Crippen LogP contribution in [0.4, 0.5) is 0 Å². The largest absolute Gasteiger partial charge is 0.339 e. The Morgan fingerprint density at radius 3 is 2.89 bits per heavy atom. The molecular weight excluding hydrogens is 248 g/mol. The number of benzene rings is 1. The Balaban J connectivity index is 2.26. The summed E-state index contributed by atoms with van der Waals surface area (Å²) in [7, 11) is 1.92. The molecule has 0 N–H and O–H groups in total. The summed E-state index contributed by atoms with van der Waals surface area (Å²) in [6, 6.07) is 9.45. The summed E-state index contributed by atoms with van der Waals surface area (Å²) in [5, 5.41) is 1.70. The van der Waals surface area contributed by atoms with Gasteiger partial charge in [0.05, 0.1) is 16.9 Å². The molecule has 3 heterocycles. The minimum atomic E-state index is 0.0739. The molecule has 2 aromatic heterocycles. The van der Waals surface area contributed by atoms with Gasteiger partial charge in [-0.25, -0.2) is 0 Å². The Hall–Kier alpha value is -2.00. The van der Waals surface area contributed by atoms with E-state index >= 15 is 0 Å². The number of aromatic nitrogens is 2. The molecule has 1 aliphatic heterocycles. The highest BCUT2D eigenvalue weighted by molar-refractivity contribution is 6.31. The quantitative estimate of drug-likeness (QED) is 0.475. The van der Waals surface area contributed by atoms with E-state index in [1.807, 2.05) is 52.7 Å². The van der Waals surface area contributed by atoms with Gasteiger partial charge in [-0.05, 0) is 30.3 Å². The summed E-state index contributed by atoms with van der Waals surface area (Å²) in [4.78, 5) is 12.3. The Labute approximate surface area is 108 Å². The third-order valence-corrected chi connectivity index (χ3v) is 3.81. The van der Waals surface area contributed by atoms with Crippen molar-refractivity contribution in [1.29, 1.82) is 0 Å². The second-order valence-electron chi connectivity index (χ2n) is 4.51. The van der Waals surface area contributed by atoms with E-state index in [4.69, 9.17) is 11.6 Å². The van der Waals surface area contributed by atoms with Gasteiger partial charge in [0.2, 0.25) is 5.78 Å². The van der Waals surface area contributed by atoms with E-state index in [2.05, 4.69) is 0 Å². The molecular formula is C14H9ClN2O. The number of carbonyl (C=O) groups is 1. The molecule has 88 valence electrons. The van der Waals surface area contributed by atoms with E-state index in [9.17, 15) is 4.79 Å². The van der Waals surface area contributed by atoms with Gasteiger partial charge < -0.3 is 9.13 Å². The number of aryl methyl sites for hydroxylation is 1. The van der Waals surface area contributed by atoms with Crippen molar-refractivity contribution in [3.8, 4) is 5.69 Å². The lowest BCUT2D eigenvalue weighted by atomic mass is 10.2. The van der Waals surface area contributed by atoms with E-state index in [0.29, 0.717) is 5.02 Å². The Kier molecular flexibility index (Phi) is 1.69. The van der Waals surface area contributed by atoms with Gasteiger partial charge in [0.1, 0.15) is 5.69 Å². The number of ketones is 1. The molecule has 0 fully saturated rings. The van der Waals surface area contributed by atoms with Gasteiger partial charge in [-0.2, -0.15) is 0 Å². The maximum absolute atomic E-state index is 12.3. The first kappa shape index (κ1) is 9.97. The highest BCUT2D eigenvalue weighted by Crippen LogP contribution is 2.37. The number of rotatable bonds is 0. The summed E-state index contributed by atoms with van der Waals surface area (Å²) >= 11 is 6.06. The first-order valence-electron chi connectivity index (χ1n) is 5.69. The molecule has 1 aliphatic rings. The summed E-state index contributed by atoms with van der Waals surface area (Å²) in [5.74, 6) is 0.0739. The molecule has 0 atom stereocenters. The molecule has 0 radical (unpaired) electrons. The van der Waals surface area contributed by atoms with Crippen molar-refractivity contribution >= 4 is 28.3 Å². The van der Waals surface area contributed by atoms with Gasteiger partial charge in [-0.1, -0.05) is 11.6 Å². The van der Waals surface area contributed by atoms with Crippen LogP contribution in [0, 0.1) is 0 Å². The van der Waals surface area contributed by atoms with Crippen molar-refractivity contribution in [2.45, 2.75) is 0 Å². The summed E-state index contributed by atoms with van der Waals surface area (Å²) in [5.41, 5.74) is 3.43. The molecule has 0 aliphatic carbocycles. The minimum Gasteiger partial charge on any atom is -0.339 e. The number of halogens is 1. The van der Waals surface area contributed by atoms with Crippen LogP contribution in [0.5, 0.6) is 0 Å². The van der Waals surface area contributed by atoms with Crippen LogP contribution >= 0.6 is 11.6 Å². The van der Waals surface area contributed by atoms with Gasteiger partial charge in [0.15, 0.2) is 0 Å². The molecule has 0 bridgehead atoms. The van der Waals surface area contributed by atoms with Gasteiger partial charge in [-0.15, -0.1) is 0 Å². The third-order valence-electron chi connectivity index (χ3n) is 3.57. The lowest BCUT2D eigenvalue weighted by Crippen LogP contribution is -2.03. The zero-order valence-corrected chi connectivity index (χ0v) is 10.4. The number of hydrogen-bond acceptors (Lipinski definition) is 1. The molecule has 0 unspecified atom stereocenters. The Bertz CT molecular complexity index is 826. The van der Waals surface area contributed by atoms with Crippen molar-refractivity contribution < 1.29 is 4.79 Å². The van der Waals surface area contributed by atoms with Crippen LogP contribution in [-0.4, -0.2) is 14.9 Å². The minimum absolute atomic E-state index is 0.0739. The molecule has 0 spiro atoms.